The monoisotopic (exact) mass is 388 g/mol. The molecule has 26 heavy (non-hydrogen) atoms. The van der Waals surface area contributed by atoms with Crippen LogP contribution < -0.4 is 10.6 Å². The number of aromatic nitrogens is 1. The Hall–Kier alpha value is -2.03. The molecule has 144 valence electrons. The van der Waals surface area contributed by atoms with Crippen molar-refractivity contribution >= 4 is 17.3 Å². The molecule has 0 bridgehead atoms. The number of nitrogens with one attached hydrogen (secondary N) is 2. The van der Waals surface area contributed by atoms with Crippen molar-refractivity contribution in [1.82, 2.24) is 15.6 Å². The molecule has 0 saturated carbocycles. The molecule has 0 fully saturated rings. The summed E-state index contributed by atoms with van der Waals surface area (Å²) in [4.78, 5) is 8.07. The molecule has 0 aliphatic carbocycles. The standard InChI is InChI=1S/C17H23F3N4OS/c1-3-12(2)23-16(21-8-6-13-5-4-10-25-13)22-9-7-15-24-14(11-26-15)17(18,19)20/h4-5,10-12H,3,6-9H2,1-2H3,(H2,21,22,23). The van der Waals surface area contributed by atoms with Crippen LogP contribution in [0.15, 0.2) is 33.2 Å². The number of thiazole rings is 1. The number of rotatable bonds is 8. The Balaban J connectivity index is 1.87. The number of furan rings is 1. The Morgan fingerprint density at radius 3 is 2.81 bits per heavy atom. The first-order valence-electron chi connectivity index (χ1n) is 8.47. The highest BCUT2D eigenvalue weighted by Crippen LogP contribution is 2.30. The molecule has 1 unspecified atom stereocenters. The third-order valence-electron chi connectivity index (χ3n) is 3.68. The van der Waals surface area contributed by atoms with Gasteiger partial charge in [0.1, 0.15) is 5.76 Å². The largest absolute Gasteiger partial charge is 0.469 e. The lowest BCUT2D eigenvalue weighted by atomic mass is 10.3. The molecule has 0 aliphatic heterocycles. The predicted molar refractivity (Wildman–Crippen MR) is 96.4 cm³/mol. The molecule has 9 heteroatoms. The summed E-state index contributed by atoms with van der Waals surface area (Å²) in [5, 5.41) is 7.97. The van der Waals surface area contributed by atoms with E-state index in [2.05, 4.69) is 27.5 Å². The van der Waals surface area contributed by atoms with Gasteiger partial charge in [0.15, 0.2) is 11.7 Å². The van der Waals surface area contributed by atoms with Gasteiger partial charge in [-0.3, -0.25) is 4.99 Å². The number of halogens is 3. The third-order valence-corrected chi connectivity index (χ3v) is 4.59. The van der Waals surface area contributed by atoms with Gasteiger partial charge >= 0.3 is 6.18 Å². The Labute approximate surface area is 154 Å². The molecule has 0 amide bonds. The zero-order valence-corrected chi connectivity index (χ0v) is 15.6. The van der Waals surface area contributed by atoms with Crippen molar-refractivity contribution in [2.24, 2.45) is 4.99 Å². The molecule has 2 heterocycles. The lowest BCUT2D eigenvalue weighted by molar-refractivity contribution is -0.140. The van der Waals surface area contributed by atoms with E-state index in [1.807, 2.05) is 19.1 Å². The van der Waals surface area contributed by atoms with Gasteiger partial charge in [0.25, 0.3) is 0 Å². The smallest absolute Gasteiger partial charge is 0.434 e. The molecule has 2 N–H and O–H groups in total. The summed E-state index contributed by atoms with van der Waals surface area (Å²) in [5.41, 5.74) is -0.837. The van der Waals surface area contributed by atoms with Crippen molar-refractivity contribution in [3.05, 3.63) is 40.2 Å². The fraction of sp³-hybridized carbons (Fsp3) is 0.529. The van der Waals surface area contributed by atoms with Crippen LogP contribution in [0.25, 0.3) is 0 Å². The second-order valence-corrected chi connectivity index (χ2v) is 6.76. The van der Waals surface area contributed by atoms with Crippen molar-refractivity contribution < 1.29 is 17.6 Å². The first-order chi connectivity index (χ1) is 12.4. The minimum absolute atomic E-state index is 0.238. The van der Waals surface area contributed by atoms with E-state index in [-0.39, 0.29) is 6.04 Å². The van der Waals surface area contributed by atoms with E-state index >= 15 is 0 Å². The van der Waals surface area contributed by atoms with E-state index < -0.39 is 11.9 Å². The van der Waals surface area contributed by atoms with Crippen molar-refractivity contribution in [1.29, 1.82) is 0 Å². The lowest BCUT2D eigenvalue weighted by Gasteiger charge is -2.16. The molecule has 0 saturated heterocycles. The van der Waals surface area contributed by atoms with Crippen LogP contribution in [0.3, 0.4) is 0 Å². The number of alkyl halides is 3. The van der Waals surface area contributed by atoms with E-state index in [4.69, 9.17) is 4.42 Å². The molecule has 0 aromatic carbocycles. The second-order valence-electron chi connectivity index (χ2n) is 5.81. The number of hydrogen-bond acceptors (Lipinski definition) is 4. The molecule has 5 nitrogen and oxygen atoms in total. The molecule has 2 aromatic rings. The van der Waals surface area contributed by atoms with Gasteiger partial charge in [-0.1, -0.05) is 6.92 Å². The highest BCUT2D eigenvalue weighted by molar-refractivity contribution is 7.09. The Morgan fingerprint density at radius 1 is 1.38 bits per heavy atom. The summed E-state index contributed by atoms with van der Waals surface area (Å²) in [7, 11) is 0. The number of hydrogen-bond donors (Lipinski definition) is 2. The summed E-state index contributed by atoms with van der Waals surface area (Å²) >= 11 is 1.01. The summed E-state index contributed by atoms with van der Waals surface area (Å²) < 4.78 is 43.0. The molecule has 0 aliphatic rings. The van der Waals surface area contributed by atoms with Gasteiger partial charge in [0, 0.05) is 37.4 Å². The van der Waals surface area contributed by atoms with Gasteiger partial charge in [-0.2, -0.15) is 13.2 Å². The lowest BCUT2D eigenvalue weighted by Crippen LogP contribution is -2.43. The zero-order chi connectivity index (χ0) is 19.0. The molecule has 2 rings (SSSR count). The average molecular weight is 388 g/mol. The van der Waals surface area contributed by atoms with Crippen LogP contribution in [0.4, 0.5) is 13.2 Å². The first kappa shape index (κ1) is 20.3. The molecular formula is C17H23F3N4OS. The van der Waals surface area contributed by atoms with Gasteiger partial charge in [-0.15, -0.1) is 11.3 Å². The van der Waals surface area contributed by atoms with Crippen molar-refractivity contribution in [2.45, 2.75) is 45.3 Å². The van der Waals surface area contributed by atoms with Gasteiger partial charge in [0.2, 0.25) is 0 Å². The van der Waals surface area contributed by atoms with Gasteiger partial charge in [0.05, 0.1) is 11.3 Å². The Bertz CT molecular complexity index is 682. The van der Waals surface area contributed by atoms with Crippen LogP contribution in [0, 0.1) is 0 Å². The van der Waals surface area contributed by atoms with E-state index in [1.165, 1.54) is 0 Å². The predicted octanol–water partition coefficient (Wildman–Crippen LogP) is 3.87. The highest BCUT2D eigenvalue weighted by Gasteiger charge is 2.33. The minimum atomic E-state index is -4.39. The summed E-state index contributed by atoms with van der Waals surface area (Å²) in [5.74, 6) is 1.52. The maximum atomic E-state index is 12.6. The van der Waals surface area contributed by atoms with Crippen LogP contribution in [0.2, 0.25) is 0 Å². The summed E-state index contributed by atoms with van der Waals surface area (Å²) in [6.07, 6.45) is -0.748. The maximum absolute atomic E-state index is 12.6. The highest BCUT2D eigenvalue weighted by atomic mass is 32.1. The molecule has 0 spiro atoms. The summed E-state index contributed by atoms with van der Waals surface area (Å²) in [6.45, 7) is 5.11. The van der Waals surface area contributed by atoms with Gasteiger partial charge in [-0.25, -0.2) is 4.98 Å². The van der Waals surface area contributed by atoms with Gasteiger partial charge in [-0.05, 0) is 25.5 Å². The molecule has 1 atom stereocenters. The molecule has 0 radical (unpaired) electrons. The van der Waals surface area contributed by atoms with E-state index in [0.29, 0.717) is 30.5 Å². The van der Waals surface area contributed by atoms with E-state index in [1.54, 1.807) is 6.26 Å². The Morgan fingerprint density at radius 2 is 2.19 bits per heavy atom. The fourth-order valence-electron chi connectivity index (χ4n) is 2.07. The maximum Gasteiger partial charge on any atom is 0.434 e. The third kappa shape index (κ3) is 6.70. The van der Waals surface area contributed by atoms with Gasteiger partial charge < -0.3 is 15.1 Å². The SMILES string of the molecule is CCC(C)NC(=NCCc1nc(C(F)(F)F)cs1)NCCc1ccco1. The summed E-state index contributed by atoms with van der Waals surface area (Å²) in [6, 6.07) is 3.98. The molecule has 2 aromatic heterocycles. The fourth-order valence-corrected chi connectivity index (χ4v) is 2.86. The van der Waals surface area contributed by atoms with E-state index in [0.717, 1.165) is 35.3 Å². The number of guanidine groups is 1. The van der Waals surface area contributed by atoms with Crippen molar-refractivity contribution in [3.63, 3.8) is 0 Å². The van der Waals surface area contributed by atoms with E-state index in [9.17, 15) is 13.2 Å². The number of aliphatic imine (C=N–C) groups is 1. The quantitative estimate of drug-likeness (QED) is 0.532. The average Bonchev–Trinajstić information content (AvgIpc) is 3.25. The minimum Gasteiger partial charge on any atom is -0.469 e. The molecular weight excluding hydrogens is 365 g/mol. The van der Waals surface area contributed by atoms with Crippen LogP contribution in [0.5, 0.6) is 0 Å². The van der Waals surface area contributed by atoms with Crippen molar-refractivity contribution in [2.75, 3.05) is 13.1 Å². The van der Waals surface area contributed by atoms with Crippen LogP contribution >= 0.6 is 11.3 Å². The van der Waals surface area contributed by atoms with Crippen LogP contribution in [-0.2, 0) is 19.0 Å². The zero-order valence-electron chi connectivity index (χ0n) is 14.8. The first-order valence-corrected chi connectivity index (χ1v) is 9.35. The van der Waals surface area contributed by atoms with Crippen LogP contribution in [-0.4, -0.2) is 30.1 Å². The second kappa shape index (κ2) is 9.61. The normalized spacial score (nSPS) is 13.7. The topological polar surface area (TPSA) is 62.5 Å². The van der Waals surface area contributed by atoms with Crippen molar-refractivity contribution in [3.8, 4) is 0 Å². The van der Waals surface area contributed by atoms with Crippen LogP contribution in [0.1, 0.15) is 36.7 Å². The number of nitrogens with zero attached hydrogens (tertiary/aromatic N) is 2. The Kier molecular flexibility index (Phi) is 7.50.